The normalized spacial score (nSPS) is 24.5. The molecule has 136 valence electrons. The summed E-state index contributed by atoms with van der Waals surface area (Å²) in [6.07, 6.45) is 2.90. The van der Waals surface area contributed by atoms with Gasteiger partial charge in [-0.05, 0) is 46.6 Å². The molecule has 0 bridgehead atoms. The third-order valence-electron chi connectivity index (χ3n) is 4.89. The van der Waals surface area contributed by atoms with E-state index in [-0.39, 0.29) is 12.1 Å². The van der Waals surface area contributed by atoms with E-state index in [1.165, 1.54) is 0 Å². The summed E-state index contributed by atoms with van der Waals surface area (Å²) in [4.78, 5) is 12.1. The Balaban J connectivity index is 1.88. The van der Waals surface area contributed by atoms with Crippen molar-refractivity contribution in [2.75, 3.05) is 12.9 Å². The molecule has 1 saturated heterocycles. The molecular formula is C19H19BrClN3OS. The Morgan fingerprint density at radius 3 is 2.92 bits per heavy atom. The van der Waals surface area contributed by atoms with Crippen molar-refractivity contribution >= 4 is 44.5 Å². The summed E-state index contributed by atoms with van der Waals surface area (Å²) in [5.41, 5.74) is 2.01. The van der Waals surface area contributed by atoms with Gasteiger partial charge in [0.05, 0.1) is 23.3 Å². The molecule has 4 rings (SSSR count). The highest BCUT2D eigenvalue weighted by Crippen LogP contribution is 2.52. The fraction of sp³-hybridized carbons (Fsp3) is 0.368. The van der Waals surface area contributed by atoms with Crippen molar-refractivity contribution in [3.63, 3.8) is 0 Å². The first-order valence-corrected chi connectivity index (χ1v) is 10.7. The standard InChI is InChI=1S/C19H19BrClN3OS/c1-3-12-10-26-19-23-16(15-6-4-5-7-22-15)17(24(12)19)13-8-11(21)9-14(20)18(13)25-2/h4-9,12,16-17H,3,10H2,1-2H3/t12-,16+,17+/m1/s1. The van der Waals surface area contributed by atoms with Crippen LogP contribution < -0.4 is 4.74 Å². The molecule has 0 saturated carbocycles. The zero-order chi connectivity index (χ0) is 18.3. The average Bonchev–Trinajstić information content (AvgIpc) is 3.20. The number of hydrogen-bond acceptors (Lipinski definition) is 5. The van der Waals surface area contributed by atoms with Gasteiger partial charge in [0.15, 0.2) is 5.17 Å². The summed E-state index contributed by atoms with van der Waals surface area (Å²) >= 11 is 11.8. The van der Waals surface area contributed by atoms with Crippen LogP contribution in [-0.2, 0) is 0 Å². The first kappa shape index (κ1) is 18.1. The second-order valence-electron chi connectivity index (χ2n) is 6.35. The molecule has 0 unspecified atom stereocenters. The topological polar surface area (TPSA) is 37.7 Å². The zero-order valence-electron chi connectivity index (χ0n) is 14.5. The van der Waals surface area contributed by atoms with Crippen LogP contribution in [0, 0.1) is 0 Å². The predicted octanol–water partition coefficient (Wildman–Crippen LogP) is 5.49. The number of thioether (sulfide) groups is 1. The number of pyridine rings is 1. The maximum Gasteiger partial charge on any atom is 0.160 e. The van der Waals surface area contributed by atoms with Crippen LogP contribution in [0.5, 0.6) is 5.75 Å². The molecule has 1 fully saturated rings. The molecular weight excluding hydrogens is 434 g/mol. The molecule has 0 amide bonds. The number of aliphatic imine (C=N–C) groups is 1. The minimum atomic E-state index is -0.0766. The largest absolute Gasteiger partial charge is 0.495 e. The Hall–Kier alpha value is -1.24. The molecule has 26 heavy (non-hydrogen) atoms. The number of nitrogens with zero attached hydrogens (tertiary/aromatic N) is 3. The van der Waals surface area contributed by atoms with Crippen LogP contribution in [0.3, 0.4) is 0 Å². The van der Waals surface area contributed by atoms with Crippen LogP contribution in [0.25, 0.3) is 0 Å². The molecule has 2 aliphatic rings. The van der Waals surface area contributed by atoms with E-state index >= 15 is 0 Å². The minimum absolute atomic E-state index is 0.0183. The van der Waals surface area contributed by atoms with Gasteiger partial charge in [0, 0.05) is 28.6 Å². The number of fused-ring (bicyclic) bond motifs is 1. The van der Waals surface area contributed by atoms with Gasteiger partial charge < -0.3 is 9.64 Å². The molecule has 1 aromatic carbocycles. The van der Waals surface area contributed by atoms with Gasteiger partial charge in [-0.2, -0.15) is 0 Å². The van der Waals surface area contributed by atoms with Crippen LogP contribution >= 0.6 is 39.3 Å². The summed E-state index contributed by atoms with van der Waals surface area (Å²) in [6, 6.07) is 10.2. The Bertz CT molecular complexity index is 848. The quantitative estimate of drug-likeness (QED) is 0.615. The molecule has 2 aromatic rings. The SMILES string of the molecule is CC[C@@H]1CSC2=N[C@@H](c3ccccn3)[C@H](c3cc(Cl)cc(Br)c3OC)N21. The number of rotatable bonds is 4. The molecule has 2 aliphatic heterocycles. The van der Waals surface area contributed by atoms with Crippen molar-refractivity contribution in [2.24, 2.45) is 4.99 Å². The van der Waals surface area contributed by atoms with E-state index in [0.29, 0.717) is 11.1 Å². The zero-order valence-corrected chi connectivity index (χ0v) is 17.7. The number of ether oxygens (including phenoxy) is 1. The second kappa shape index (κ2) is 7.41. The Kier molecular flexibility index (Phi) is 5.17. The molecule has 1 aromatic heterocycles. The van der Waals surface area contributed by atoms with E-state index < -0.39 is 0 Å². The molecule has 7 heteroatoms. The summed E-state index contributed by atoms with van der Waals surface area (Å²) in [5.74, 6) is 1.87. The van der Waals surface area contributed by atoms with Crippen molar-refractivity contribution in [1.29, 1.82) is 0 Å². The lowest BCUT2D eigenvalue weighted by molar-refractivity contribution is 0.249. The van der Waals surface area contributed by atoms with Gasteiger partial charge in [0.1, 0.15) is 11.8 Å². The van der Waals surface area contributed by atoms with Crippen molar-refractivity contribution in [3.05, 3.63) is 57.3 Å². The first-order valence-electron chi connectivity index (χ1n) is 8.56. The third kappa shape index (κ3) is 3.02. The maximum atomic E-state index is 6.40. The lowest BCUT2D eigenvalue weighted by Crippen LogP contribution is -2.35. The summed E-state index contributed by atoms with van der Waals surface area (Å²) in [7, 11) is 1.69. The number of hydrogen-bond donors (Lipinski definition) is 0. The Morgan fingerprint density at radius 2 is 2.23 bits per heavy atom. The number of aromatic nitrogens is 1. The predicted molar refractivity (Wildman–Crippen MR) is 111 cm³/mol. The van der Waals surface area contributed by atoms with Crippen LogP contribution in [0.15, 0.2) is 46.0 Å². The van der Waals surface area contributed by atoms with Crippen molar-refractivity contribution < 1.29 is 4.74 Å². The highest BCUT2D eigenvalue weighted by molar-refractivity contribution is 9.10. The van der Waals surface area contributed by atoms with Crippen LogP contribution in [-0.4, -0.2) is 34.0 Å². The minimum Gasteiger partial charge on any atom is -0.495 e. The smallest absolute Gasteiger partial charge is 0.160 e. The van der Waals surface area contributed by atoms with E-state index in [2.05, 4.69) is 32.7 Å². The summed E-state index contributed by atoms with van der Waals surface area (Å²) < 4.78 is 6.59. The van der Waals surface area contributed by atoms with Gasteiger partial charge in [-0.1, -0.05) is 36.4 Å². The lowest BCUT2D eigenvalue weighted by atomic mass is 9.94. The molecule has 3 heterocycles. The third-order valence-corrected chi connectivity index (χ3v) is 6.82. The number of benzene rings is 1. The number of amidine groups is 1. The van der Waals surface area contributed by atoms with Crippen LogP contribution in [0.1, 0.15) is 36.7 Å². The van der Waals surface area contributed by atoms with E-state index in [4.69, 9.17) is 21.3 Å². The fourth-order valence-electron chi connectivity index (χ4n) is 3.70. The highest BCUT2D eigenvalue weighted by atomic mass is 79.9. The van der Waals surface area contributed by atoms with Gasteiger partial charge >= 0.3 is 0 Å². The van der Waals surface area contributed by atoms with Gasteiger partial charge in [0.25, 0.3) is 0 Å². The average molecular weight is 453 g/mol. The van der Waals surface area contributed by atoms with Crippen molar-refractivity contribution in [2.45, 2.75) is 31.5 Å². The van der Waals surface area contributed by atoms with Crippen LogP contribution in [0.4, 0.5) is 0 Å². The fourth-order valence-corrected chi connectivity index (χ4v) is 6.04. The summed E-state index contributed by atoms with van der Waals surface area (Å²) in [5, 5.41) is 1.77. The van der Waals surface area contributed by atoms with E-state index in [0.717, 1.165) is 38.8 Å². The molecule has 0 spiro atoms. The molecule has 0 N–H and O–H groups in total. The molecule has 3 atom stereocenters. The van der Waals surface area contributed by atoms with Gasteiger partial charge in [-0.3, -0.25) is 9.98 Å². The number of halogens is 2. The van der Waals surface area contributed by atoms with E-state index in [1.54, 1.807) is 7.11 Å². The molecule has 0 radical (unpaired) electrons. The highest BCUT2D eigenvalue weighted by Gasteiger charge is 2.46. The Morgan fingerprint density at radius 1 is 1.38 bits per heavy atom. The molecule has 4 nitrogen and oxygen atoms in total. The second-order valence-corrected chi connectivity index (χ2v) is 8.62. The van der Waals surface area contributed by atoms with E-state index in [9.17, 15) is 0 Å². The van der Waals surface area contributed by atoms with Crippen molar-refractivity contribution in [3.8, 4) is 5.75 Å². The molecule has 0 aliphatic carbocycles. The van der Waals surface area contributed by atoms with Crippen molar-refractivity contribution in [1.82, 2.24) is 9.88 Å². The van der Waals surface area contributed by atoms with Gasteiger partial charge in [-0.15, -0.1) is 0 Å². The van der Waals surface area contributed by atoms with Gasteiger partial charge in [-0.25, -0.2) is 0 Å². The van der Waals surface area contributed by atoms with Crippen LogP contribution in [0.2, 0.25) is 5.02 Å². The summed E-state index contributed by atoms with van der Waals surface area (Å²) in [6.45, 7) is 2.23. The Labute approximate surface area is 171 Å². The number of methoxy groups -OCH3 is 1. The van der Waals surface area contributed by atoms with E-state index in [1.807, 2.05) is 48.3 Å². The maximum absolute atomic E-state index is 6.40. The lowest BCUT2D eigenvalue weighted by Gasteiger charge is -2.33. The first-order chi connectivity index (χ1) is 12.6. The monoisotopic (exact) mass is 451 g/mol. The van der Waals surface area contributed by atoms with Gasteiger partial charge in [0.2, 0.25) is 0 Å².